The monoisotopic (exact) mass is 604 g/mol. The van der Waals surface area contributed by atoms with Crippen molar-refractivity contribution in [3.8, 4) is 22.6 Å². The van der Waals surface area contributed by atoms with Crippen molar-refractivity contribution < 1.29 is 18.6 Å². The number of nitrogens with one attached hydrogen (secondary N) is 2. The topological polar surface area (TPSA) is 168 Å². The lowest BCUT2D eigenvalue weighted by Crippen LogP contribution is -2.37. The van der Waals surface area contributed by atoms with E-state index in [-0.39, 0.29) is 23.8 Å². The highest BCUT2D eigenvalue weighted by molar-refractivity contribution is 7.90. The van der Waals surface area contributed by atoms with Crippen molar-refractivity contribution in [3.63, 3.8) is 0 Å². The quantitative estimate of drug-likeness (QED) is 0.206. The minimum atomic E-state index is -3.48. The largest absolute Gasteiger partial charge is 0.392 e. The zero-order chi connectivity index (χ0) is 30.2. The second-order valence-corrected chi connectivity index (χ2v) is 14.0. The van der Waals surface area contributed by atoms with Crippen molar-refractivity contribution >= 4 is 27.3 Å². The molecule has 0 radical (unpaired) electrons. The van der Waals surface area contributed by atoms with Gasteiger partial charge in [-0.05, 0) is 76.0 Å². The van der Waals surface area contributed by atoms with Crippen LogP contribution in [0.1, 0.15) is 57.9 Å². The SMILES string of the molecule is CC(C)(O)C1CCC(Nc2cc(Nc3ccnc(-c4cnn(S(=O)(=O)C5CC5)c4)n3)ncc2-c2ccc(CO)cn2)CC1. The Morgan fingerprint density at radius 1 is 0.977 bits per heavy atom. The number of anilines is 3. The fraction of sp³-hybridized carbons (Fsp3) is 0.433. The maximum absolute atomic E-state index is 12.6. The van der Waals surface area contributed by atoms with E-state index in [0.717, 1.165) is 52.3 Å². The van der Waals surface area contributed by atoms with E-state index < -0.39 is 15.6 Å². The number of aliphatic hydroxyl groups is 2. The van der Waals surface area contributed by atoms with Crippen LogP contribution in [0.5, 0.6) is 0 Å². The van der Waals surface area contributed by atoms with Gasteiger partial charge in [0, 0.05) is 41.9 Å². The van der Waals surface area contributed by atoms with Crippen LogP contribution in [0, 0.1) is 5.92 Å². The van der Waals surface area contributed by atoms with Crippen LogP contribution in [0.15, 0.2) is 55.2 Å². The van der Waals surface area contributed by atoms with Crippen molar-refractivity contribution in [3.05, 3.63) is 60.8 Å². The van der Waals surface area contributed by atoms with Gasteiger partial charge in [0.2, 0.25) is 0 Å². The highest BCUT2D eigenvalue weighted by atomic mass is 32.2. The second kappa shape index (κ2) is 11.6. The smallest absolute Gasteiger partial charge is 0.256 e. The van der Waals surface area contributed by atoms with E-state index >= 15 is 0 Å². The third-order valence-electron chi connectivity index (χ3n) is 8.21. The molecule has 43 heavy (non-hydrogen) atoms. The standard InChI is InChI=1S/C30H36N8O4S/c1-30(2,40)21-4-6-22(7-5-21)35-26-13-28(33-16-24(26)25-10-3-19(18-39)14-32-25)36-27-11-12-31-29(37-27)20-15-34-38(17-20)43(41,42)23-8-9-23/h3,10-17,21-23,39-40H,4-9,18H2,1-2H3,(H2,31,33,35,36,37). The van der Waals surface area contributed by atoms with Crippen LogP contribution in [-0.2, 0) is 16.6 Å². The van der Waals surface area contributed by atoms with Gasteiger partial charge in [0.1, 0.15) is 11.6 Å². The third-order valence-corrected chi connectivity index (χ3v) is 10.2. The first kappa shape index (κ1) is 29.1. The first-order chi connectivity index (χ1) is 20.6. The molecule has 12 nitrogen and oxygen atoms in total. The molecule has 4 N–H and O–H groups in total. The zero-order valence-electron chi connectivity index (χ0n) is 24.2. The molecule has 2 saturated carbocycles. The predicted octanol–water partition coefficient (Wildman–Crippen LogP) is 4.11. The highest BCUT2D eigenvalue weighted by Crippen LogP contribution is 2.36. The normalized spacial score (nSPS) is 19.3. The van der Waals surface area contributed by atoms with Crippen molar-refractivity contribution in [1.29, 1.82) is 0 Å². The summed E-state index contributed by atoms with van der Waals surface area (Å²) in [7, 11) is -3.48. The molecule has 0 saturated heterocycles. The molecule has 13 heteroatoms. The lowest BCUT2D eigenvalue weighted by Gasteiger charge is -2.36. The van der Waals surface area contributed by atoms with Crippen LogP contribution in [-0.4, -0.2) is 64.6 Å². The maximum Gasteiger partial charge on any atom is 0.256 e. The van der Waals surface area contributed by atoms with Gasteiger partial charge in [-0.1, -0.05) is 6.07 Å². The molecule has 2 fully saturated rings. The number of hydrogen-bond donors (Lipinski definition) is 4. The number of rotatable bonds is 10. The van der Waals surface area contributed by atoms with Crippen molar-refractivity contribution in [2.75, 3.05) is 10.6 Å². The molecule has 0 atom stereocenters. The fourth-order valence-corrected chi connectivity index (χ4v) is 6.94. The van der Waals surface area contributed by atoms with Crippen molar-refractivity contribution in [1.82, 2.24) is 29.1 Å². The Labute approximate surface area is 250 Å². The lowest BCUT2D eigenvalue weighted by molar-refractivity contribution is -0.000391. The van der Waals surface area contributed by atoms with Gasteiger partial charge in [0.05, 0.1) is 41.1 Å². The summed E-state index contributed by atoms with van der Waals surface area (Å²) in [6, 6.07) is 7.56. The molecule has 0 bridgehead atoms. The van der Waals surface area contributed by atoms with E-state index in [4.69, 9.17) is 0 Å². The number of nitrogens with zero attached hydrogens (tertiary/aromatic N) is 6. The van der Waals surface area contributed by atoms with Crippen LogP contribution in [0.2, 0.25) is 0 Å². The Bertz CT molecular complexity index is 1690. The van der Waals surface area contributed by atoms with Gasteiger partial charge in [0.25, 0.3) is 10.0 Å². The Hall–Kier alpha value is -3.94. The average molecular weight is 605 g/mol. The van der Waals surface area contributed by atoms with E-state index in [1.165, 1.54) is 12.4 Å². The molecule has 0 aromatic carbocycles. The van der Waals surface area contributed by atoms with Crippen LogP contribution in [0.4, 0.5) is 17.3 Å². The predicted molar refractivity (Wildman–Crippen MR) is 163 cm³/mol. The summed E-state index contributed by atoms with van der Waals surface area (Å²) < 4.78 is 26.1. The molecular formula is C30H36N8O4S. The summed E-state index contributed by atoms with van der Waals surface area (Å²) in [6.07, 6.45) is 12.9. The molecule has 0 aliphatic heterocycles. The second-order valence-electron chi connectivity index (χ2n) is 11.9. The van der Waals surface area contributed by atoms with Crippen LogP contribution >= 0.6 is 0 Å². The molecule has 4 heterocycles. The van der Waals surface area contributed by atoms with E-state index in [1.54, 1.807) is 24.7 Å². The van der Waals surface area contributed by atoms with Crippen molar-refractivity contribution in [2.24, 2.45) is 5.92 Å². The fourth-order valence-electron chi connectivity index (χ4n) is 5.47. The molecular weight excluding hydrogens is 568 g/mol. The Morgan fingerprint density at radius 3 is 2.44 bits per heavy atom. The third kappa shape index (κ3) is 6.53. The molecule has 6 rings (SSSR count). The highest BCUT2D eigenvalue weighted by Gasteiger charge is 2.38. The van der Waals surface area contributed by atoms with Gasteiger partial charge < -0.3 is 20.8 Å². The summed E-state index contributed by atoms with van der Waals surface area (Å²) in [5.74, 6) is 1.65. The lowest BCUT2D eigenvalue weighted by atomic mass is 9.77. The minimum absolute atomic E-state index is 0.0814. The Balaban J connectivity index is 1.24. The average Bonchev–Trinajstić information content (AvgIpc) is 3.74. The summed E-state index contributed by atoms with van der Waals surface area (Å²) in [5.41, 5.74) is 2.94. The van der Waals surface area contributed by atoms with E-state index in [1.807, 2.05) is 32.0 Å². The molecule has 226 valence electrons. The van der Waals surface area contributed by atoms with Gasteiger partial charge in [-0.3, -0.25) is 4.98 Å². The summed E-state index contributed by atoms with van der Waals surface area (Å²) in [4.78, 5) is 18.1. The van der Waals surface area contributed by atoms with Gasteiger partial charge in [-0.15, -0.1) is 0 Å². The van der Waals surface area contributed by atoms with E-state index in [0.29, 0.717) is 35.9 Å². The summed E-state index contributed by atoms with van der Waals surface area (Å²) in [6.45, 7) is 3.68. The Morgan fingerprint density at radius 2 is 1.77 bits per heavy atom. The Kier molecular flexibility index (Phi) is 7.88. The summed E-state index contributed by atoms with van der Waals surface area (Å²) in [5, 5.41) is 30.5. The zero-order valence-corrected chi connectivity index (χ0v) is 25.0. The molecule has 0 amide bonds. The van der Waals surface area contributed by atoms with E-state index in [2.05, 4.69) is 35.7 Å². The molecule has 0 spiro atoms. The molecule has 0 unspecified atom stereocenters. The number of aromatic nitrogens is 6. The van der Waals surface area contributed by atoms with Gasteiger partial charge in [-0.2, -0.15) is 9.19 Å². The van der Waals surface area contributed by atoms with Gasteiger partial charge >= 0.3 is 0 Å². The van der Waals surface area contributed by atoms with Crippen LogP contribution in [0.25, 0.3) is 22.6 Å². The van der Waals surface area contributed by atoms with Crippen molar-refractivity contribution in [2.45, 2.75) is 75.9 Å². The minimum Gasteiger partial charge on any atom is -0.392 e. The first-order valence-corrected chi connectivity index (χ1v) is 16.0. The molecule has 2 aliphatic carbocycles. The number of aliphatic hydroxyl groups excluding tert-OH is 1. The van der Waals surface area contributed by atoms with Gasteiger partial charge in [-0.25, -0.2) is 23.4 Å². The number of hydrogen-bond acceptors (Lipinski definition) is 11. The molecule has 4 aromatic rings. The van der Waals surface area contributed by atoms with Gasteiger partial charge in [0.15, 0.2) is 5.82 Å². The number of pyridine rings is 2. The van der Waals surface area contributed by atoms with E-state index in [9.17, 15) is 18.6 Å². The van der Waals surface area contributed by atoms with Crippen LogP contribution < -0.4 is 10.6 Å². The summed E-state index contributed by atoms with van der Waals surface area (Å²) >= 11 is 0. The molecule has 4 aromatic heterocycles. The van der Waals surface area contributed by atoms with Crippen LogP contribution in [0.3, 0.4) is 0 Å². The maximum atomic E-state index is 12.6. The first-order valence-electron chi connectivity index (χ1n) is 14.5. The molecule has 2 aliphatic rings.